The number of nitrogens with zero attached hydrogens (tertiary/aromatic N) is 2. The highest BCUT2D eigenvalue weighted by atomic mass is 31.1. The van der Waals surface area contributed by atoms with Gasteiger partial charge in [0, 0.05) is 24.5 Å². The Morgan fingerprint density at radius 3 is 1.80 bits per heavy atom. The molecule has 0 aromatic heterocycles. The van der Waals surface area contributed by atoms with Crippen LogP contribution < -0.4 is 0 Å². The van der Waals surface area contributed by atoms with E-state index in [0.717, 1.165) is 19.3 Å². The molecule has 10 heteroatoms. The van der Waals surface area contributed by atoms with Crippen molar-refractivity contribution in [3.8, 4) is 0 Å². The normalized spacial score (nSPS) is 19.9. The molecule has 0 bridgehead atoms. The van der Waals surface area contributed by atoms with Crippen LogP contribution in [-0.2, 0) is 23.1 Å². The Kier molecular flexibility index (Phi) is 18.4. The predicted octanol–water partition coefficient (Wildman–Crippen LogP) is 7.34. The van der Waals surface area contributed by atoms with E-state index in [1.807, 2.05) is 0 Å². The summed E-state index contributed by atoms with van der Waals surface area (Å²) < 4.78 is 28.1. The molecule has 0 aromatic rings. The largest absolute Gasteiger partial charge is 0.703 e. The van der Waals surface area contributed by atoms with Gasteiger partial charge in [0.15, 0.2) is 12.0 Å². The van der Waals surface area contributed by atoms with E-state index in [2.05, 4.69) is 6.92 Å². The Hall–Kier alpha value is -1.12. The van der Waals surface area contributed by atoms with Gasteiger partial charge in [0.1, 0.15) is 5.92 Å². The van der Waals surface area contributed by atoms with Crippen LogP contribution in [-0.4, -0.2) is 79.7 Å². The average Bonchev–Trinajstić information content (AvgIpc) is 2.89. The zero-order valence-corrected chi connectivity index (χ0v) is 27.2. The molecule has 1 aliphatic rings. The third-order valence-electron chi connectivity index (χ3n) is 8.34. The number of aliphatic hydroxyl groups excluding tert-OH is 1. The highest BCUT2D eigenvalue weighted by Crippen LogP contribution is 2.43. The molecule has 4 unspecified atom stereocenters. The Balaban J connectivity index is 2.28. The second kappa shape index (κ2) is 19.9. The standard InChI is InChI=1S/C30H59N2O7P/c1-7-8-9-10-11-12-13-14-15-16-17-18-19-20-21-22-25-38-29(35)31-24-23-26(33)27(28(31)34)30(2,32(3,4)5)39-40(36)37-6/h27-28,34H,7-25H2,1-6H3/q+2. The number of carbonyl (C=O) groups excluding carboxylic acids is 2. The van der Waals surface area contributed by atoms with Crippen LogP contribution in [0.3, 0.4) is 0 Å². The second-order valence-electron chi connectivity index (χ2n) is 12.3. The molecule has 0 aliphatic carbocycles. The van der Waals surface area contributed by atoms with Gasteiger partial charge in [-0.1, -0.05) is 108 Å². The second-order valence-corrected chi connectivity index (χ2v) is 13.3. The van der Waals surface area contributed by atoms with Crippen LogP contribution in [0.15, 0.2) is 0 Å². The summed E-state index contributed by atoms with van der Waals surface area (Å²) in [6, 6.07) is 0. The van der Waals surface area contributed by atoms with Crippen LogP contribution in [0.25, 0.3) is 0 Å². The molecule has 1 fully saturated rings. The van der Waals surface area contributed by atoms with Crippen LogP contribution in [0.4, 0.5) is 4.79 Å². The van der Waals surface area contributed by atoms with Crippen molar-refractivity contribution >= 4 is 20.1 Å². The molecule has 0 saturated carbocycles. The fourth-order valence-corrected chi connectivity index (χ4v) is 6.05. The van der Waals surface area contributed by atoms with Crippen molar-refractivity contribution in [2.45, 2.75) is 135 Å². The lowest BCUT2D eigenvalue weighted by Gasteiger charge is -2.47. The SMILES string of the molecule is CCCCCCCCCCCCCCCCCCOC(=O)N1CCC(=O)C(C(C)(O[P+](=O)OC)[N+](C)(C)C)C1O. The summed E-state index contributed by atoms with van der Waals surface area (Å²) >= 11 is 0. The van der Waals surface area contributed by atoms with E-state index < -0.39 is 32.2 Å². The van der Waals surface area contributed by atoms with Gasteiger partial charge in [-0.3, -0.25) is 14.2 Å². The van der Waals surface area contributed by atoms with Gasteiger partial charge in [-0.25, -0.2) is 4.79 Å². The van der Waals surface area contributed by atoms with E-state index in [-0.39, 0.29) is 29.8 Å². The molecule has 40 heavy (non-hydrogen) atoms. The number of hydrogen-bond acceptors (Lipinski definition) is 7. The summed E-state index contributed by atoms with van der Waals surface area (Å²) in [4.78, 5) is 26.9. The van der Waals surface area contributed by atoms with Gasteiger partial charge >= 0.3 is 14.3 Å². The number of Topliss-reactive ketones (excluding diaryl/α,β-unsaturated/α-hetero) is 1. The Bertz CT molecular complexity index is 746. The summed E-state index contributed by atoms with van der Waals surface area (Å²) in [5.74, 6) is -1.37. The maximum absolute atomic E-state index is 12.9. The fraction of sp³-hybridized carbons (Fsp3) is 0.933. The summed E-state index contributed by atoms with van der Waals surface area (Å²) in [6.07, 6.45) is 18.3. The number of ether oxygens (including phenoxy) is 1. The van der Waals surface area contributed by atoms with Gasteiger partial charge in [0.2, 0.25) is 0 Å². The van der Waals surface area contributed by atoms with E-state index in [4.69, 9.17) is 13.8 Å². The number of quaternary nitrogens is 1. The minimum absolute atomic E-state index is 0.0542. The molecular weight excluding hydrogens is 531 g/mol. The number of piperidine rings is 1. The quantitative estimate of drug-likeness (QED) is 0.0609. The van der Waals surface area contributed by atoms with Crippen LogP contribution >= 0.6 is 8.25 Å². The van der Waals surface area contributed by atoms with Gasteiger partial charge in [-0.2, -0.15) is 0 Å². The van der Waals surface area contributed by atoms with E-state index in [1.54, 1.807) is 28.1 Å². The van der Waals surface area contributed by atoms with Crippen LogP contribution in [0, 0.1) is 5.92 Å². The first kappa shape index (κ1) is 36.9. The summed E-state index contributed by atoms with van der Waals surface area (Å²) in [7, 11) is 4.05. The molecule has 234 valence electrons. The van der Waals surface area contributed by atoms with Gasteiger partial charge in [-0.05, 0) is 6.42 Å². The topological polar surface area (TPSA) is 102 Å². The number of carbonyl (C=O) groups is 2. The molecule has 1 N–H and O–H groups in total. The lowest BCUT2D eigenvalue weighted by molar-refractivity contribution is -0.948. The van der Waals surface area contributed by atoms with Crippen molar-refractivity contribution in [2.75, 3.05) is 41.4 Å². The number of hydrogen-bond donors (Lipinski definition) is 1. The molecule has 0 aromatic carbocycles. The molecule has 1 saturated heterocycles. The highest BCUT2D eigenvalue weighted by molar-refractivity contribution is 7.33. The maximum atomic E-state index is 12.9. The minimum atomic E-state index is -2.51. The average molecular weight is 591 g/mol. The van der Waals surface area contributed by atoms with E-state index in [9.17, 15) is 19.3 Å². The van der Waals surface area contributed by atoms with E-state index in [1.165, 1.54) is 95.5 Å². The van der Waals surface area contributed by atoms with Crippen molar-refractivity contribution in [1.82, 2.24) is 4.90 Å². The third kappa shape index (κ3) is 12.8. The number of aliphatic hydroxyl groups is 1. The number of rotatable bonds is 22. The summed E-state index contributed by atoms with van der Waals surface area (Å²) in [5.41, 5.74) is -1.40. The predicted molar refractivity (Wildman–Crippen MR) is 159 cm³/mol. The maximum Gasteiger partial charge on any atom is 0.703 e. The first-order chi connectivity index (χ1) is 19.0. The van der Waals surface area contributed by atoms with Crippen LogP contribution in [0.1, 0.15) is 123 Å². The van der Waals surface area contributed by atoms with Crippen molar-refractivity contribution in [1.29, 1.82) is 0 Å². The molecule has 1 amide bonds. The zero-order chi connectivity index (χ0) is 30.0. The first-order valence-electron chi connectivity index (χ1n) is 15.7. The minimum Gasteiger partial charge on any atom is -0.449 e. The summed E-state index contributed by atoms with van der Waals surface area (Å²) in [6.45, 7) is 4.21. The molecule has 0 spiro atoms. The molecule has 9 nitrogen and oxygen atoms in total. The van der Waals surface area contributed by atoms with Crippen molar-refractivity contribution in [3.63, 3.8) is 0 Å². The van der Waals surface area contributed by atoms with E-state index in [0.29, 0.717) is 0 Å². The van der Waals surface area contributed by atoms with Crippen molar-refractivity contribution in [2.24, 2.45) is 5.92 Å². The van der Waals surface area contributed by atoms with Gasteiger partial charge in [0.05, 0.1) is 34.9 Å². The lowest BCUT2D eigenvalue weighted by Crippen LogP contribution is -2.68. The van der Waals surface area contributed by atoms with Crippen LogP contribution in [0.5, 0.6) is 0 Å². The molecule has 1 rings (SSSR count). The third-order valence-corrected chi connectivity index (χ3v) is 9.16. The molecular formula is C30H59N2O7P+2. The Labute approximate surface area is 244 Å². The van der Waals surface area contributed by atoms with Crippen molar-refractivity contribution < 1.29 is 37.5 Å². The van der Waals surface area contributed by atoms with Gasteiger partial charge in [0.25, 0.3) is 5.72 Å². The molecule has 4 atom stereocenters. The molecule has 0 radical (unpaired) electrons. The molecule has 1 aliphatic heterocycles. The zero-order valence-electron chi connectivity index (χ0n) is 26.3. The monoisotopic (exact) mass is 590 g/mol. The highest BCUT2D eigenvalue weighted by Gasteiger charge is 2.62. The van der Waals surface area contributed by atoms with E-state index >= 15 is 0 Å². The summed E-state index contributed by atoms with van der Waals surface area (Å²) in [5, 5.41) is 11.1. The Morgan fingerprint density at radius 2 is 1.38 bits per heavy atom. The number of amides is 1. The molecule has 1 heterocycles. The van der Waals surface area contributed by atoms with Gasteiger partial charge < -0.3 is 9.84 Å². The smallest absolute Gasteiger partial charge is 0.449 e. The van der Waals surface area contributed by atoms with Gasteiger partial charge in [-0.15, -0.1) is 4.52 Å². The number of unbranched alkanes of at least 4 members (excludes halogenated alkanes) is 15. The number of ketones is 1. The lowest BCUT2D eigenvalue weighted by atomic mass is 9.84. The Morgan fingerprint density at radius 1 is 0.925 bits per heavy atom. The fourth-order valence-electron chi connectivity index (χ4n) is 5.32. The number of likely N-dealkylation sites (tertiary alicyclic amines) is 1. The van der Waals surface area contributed by atoms with Crippen LogP contribution in [0.2, 0.25) is 0 Å². The van der Waals surface area contributed by atoms with Crippen molar-refractivity contribution in [3.05, 3.63) is 0 Å². The first-order valence-corrected chi connectivity index (χ1v) is 16.7.